The highest BCUT2D eigenvalue weighted by molar-refractivity contribution is 8.50. The van der Waals surface area contributed by atoms with Gasteiger partial charge in [0.05, 0.1) is 0 Å². The van der Waals surface area contributed by atoms with E-state index in [4.69, 9.17) is 4.89 Å². The van der Waals surface area contributed by atoms with Gasteiger partial charge in [-0.15, -0.1) is 0 Å². The number of unbranched alkanes of at least 4 members (excludes halogenated alkanes) is 2. The first-order chi connectivity index (χ1) is 9.08. The van der Waals surface area contributed by atoms with Gasteiger partial charge in [-0.05, 0) is 37.5 Å². The second-order valence-corrected chi connectivity index (χ2v) is 11.0. The third-order valence-corrected chi connectivity index (χ3v) is 7.11. The highest BCUT2D eigenvalue weighted by Gasteiger charge is 2.24. The molecule has 122 valence electrons. The summed E-state index contributed by atoms with van der Waals surface area (Å²) >= 11 is 1.28. The van der Waals surface area contributed by atoms with E-state index in [1.807, 2.05) is 0 Å². The van der Waals surface area contributed by atoms with Crippen LogP contribution in [0.4, 0.5) is 0 Å². The second kappa shape index (κ2) is 9.54. The van der Waals surface area contributed by atoms with Gasteiger partial charge in [-0.1, -0.05) is 71.7 Å². The average molecular weight is 322 g/mol. The first-order valence-electron chi connectivity index (χ1n) is 8.00. The van der Waals surface area contributed by atoms with Crippen molar-refractivity contribution in [1.82, 2.24) is 0 Å². The van der Waals surface area contributed by atoms with Crippen LogP contribution in [0.25, 0.3) is 0 Å². The van der Waals surface area contributed by atoms with E-state index in [1.165, 1.54) is 43.5 Å². The van der Waals surface area contributed by atoms with Gasteiger partial charge in [0.2, 0.25) is 7.23 Å². The molecule has 0 saturated heterocycles. The van der Waals surface area contributed by atoms with Crippen LogP contribution in [0.2, 0.25) is 0 Å². The summed E-state index contributed by atoms with van der Waals surface area (Å²) in [5.74, 6) is 0.802. The fourth-order valence-corrected chi connectivity index (χ4v) is 5.64. The van der Waals surface area contributed by atoms with Crippen molar-refractivity contribution >= 4 is 18.6 Å². The van der Waals surface area contributed by atoms with Gasteiger partial charge in [0.1, 0.15) is 0 Å². The minimum Gasteiger partial charge on any atom is -0.339 e. The molecule has 0 spiro atoms. The summed E-state index contributed by atoms with van der Waals surface area (Å²) in [5.41, 5.74) is 0.435. The zero-order valence-corrected chi connectivity index (χ0v) is 16.1. The minimum absolute atomic E-state index is 0.0121. The van der Waals surface area contributed by atoms with E-state index >= 15 is 0 Å². The molecule has 0 amide bonds. The monoisotopic (exact) mass is 322 g/mol. The number of rotatable bonds is 10. The topological polar surface area (TPSA) is 37.3 Å². The molecule has 0 aliphatic heterocycles. The lowest BCUT2D eigenvalue weighted by Crippen LogP contribution is -2.17. The molecule has 0 saturated carbocycles. The lowest BCUT2D eigenvalue weighted by molar-refractivity contribution is 0.291. The van der Waals surface area contributed by atoms with Crippen molar-refractivity contribution in [1.29, 1.82) is 0 Å². The summed E-state index contributed by atoms with van der Waals surface area (Å²) in [6.45, 7) is 13.5. The Bertz CT molecular complexity index is 289. The smallest absolute Gasteiger partial charge is 0.244 e. The molecule has 20 heavy (non-hydrogen) atoms. The first-order valence-corrected chi connectivity index (χ1v) is 10.9. The zero-order chi connectivity index (χ0) is 15.8. The predicted molar refractivity (Wildman–Crippen MR) is 93.8 cm³/mol. The normalized spacial score (nSPS) is 18.6. The summed E-state index contributed by atoms with van der Waals surface area (Å²) in [6.07, 6.45) is 8.33. The van der Waals surface area contributed by atoms with Gasteiger partial charge in [0.15, 0.2) is 0 Å². The van der Waals surface area contributed by atoms with E-state index in [2.05, 4.69) is 41.5 Å². The van der Waals surface area contributed by atoms with Crippen molar-refractivity contribution in [3.63, 3.8) is 0 Å². The van der Waals surface area contributed by atoms with Gasteiger partial charge >= 0.3 is 0 Å². The Morgan fingerprint density at radius 2 is 1.75 bits per heavy atom. The standard InChI is InChI=1S/C16H35O2PS/c1-7-16(6,20-19(17)18)12-10-8-9-11-14(2)13-15(3,4)5/h14,19H,7-13H2,1-6H3,(H,17,18). The summed E-state index contributed by atoms with van der Waals surface area (Å²) in [5, 5.41) is 0. The van der Waals surface area contributed by atoms with E-state index in [1.54, 1.807) is 0 Å². The van der Waals surface area contributed by atoms with Crippen LogP contribution in [0.1, 0.15) is 86.5 Å². The van der Waals surface area contributed by atoms with E-state index in [0.717, 1.165) is 18.8 Å². The Morgan fingerprint density at radius 1 is 1.15 bits per heavy atom. The molecule has 4 heteroatoms. The molecule has 3 atom stereocenters. The maximum atomic E-state index is 11.0. The number of hydrogen-bond donors (Lipinski definition) is 1. The van der Waals surface area contributed by atoms with Crippen LogP contribution < -0.4 is 0 Å². The molecule has 0 bridgehead atoms. The van der Waals surface area contributed by atoms with Crippen molar-refractivity contribution in [3.05, 3.63) is 0 Å². The summed E-state index contributed by atoms with van der Waals surface area (Å²) < 4.78 is 11.0. The fraction of sp³-hybridized carbons (Fsp3) is 1.00. The summed E-state index contributed by atoms with van der Waals surface area (Å²) in [6, 6.07) is 0. The highest BCUT2D eigenvalue weighted by Crippen LogP contribution is 2.48. The zero-order valence-electron chi connectivity index (χ0n) is 14.3. The van der Waals surface area contributed by atoms with Crippen molar-refractivity contribution in [2.24, 2.45) is 11.3 Å². The average Bonchev–Trinajstić information content (AvgIpc) is 2.25. The largest absolute Gasteiger partial charge is 0.339 e. The highest BCUT2D eigenvalue weighted by atomic mass is 32.7. The van der Waals surface area contributed by atoms with Gasteiger partial charge in [-0.3, -0.25) is 4.57 Å². The van der Waals surface area contributed by atoms with Crippen LogP contribution in [0.15, 0.2) is 0 Å². The molecule has 3 unspecified atom stereocenters. The molecule has 0 heterocycles. The van der Waals surface area contributed by atoms with Gasteiger partial charge in [0, 0.05) is 4.75 Å². The first kappa shape index (κ1) is 20.5. The van der Waals surface area contributed by atoms with Gasteiger partial charge < -0.3 is 4.89 Å². The molecule has 0 aromatic heterocycles. The lowest BCUT2D eigenvalue weighted by atomic mass is 9.83. The Balaban J connectivity index is 3.82. The van der Waals surface area contributed by atoms with E-state index in [-0.39, 0.29) is 4.75 Å². The quantitative estimate of drug-likeness (QED) is 0.379. The molecule has 0 radical (unpaired) electrons. The Hall–Kier alpha value is 0.540. The summed E-state index contributed by atoms with van der Waals surface area (Å²) in [4.78, 5) is 9.11. The van der Waals surface area contributed by atoms with Crippen molar-refractivity contribution in [3.8, 4) is 0 Å². The van der Waals surface area contributed by atoms with Crippen molar-refractivity contribution < 1.29 is 9.46 Å². The number of hydrogen-bond acceptors (Lipinski definition) is 2. The van der Waals surface area contributed by atoms with Crippen LogP contribution in [0, 0.1) is 11.3 Å². The van der Waals surface area contributed by atoms with E-state index < -0.39 is 7.23 Å². The SMILES string of the molecule is CCC(C)(CCCCCC(C)CC(C)(C)C)S[PH](=O)O. The van der Waals surface area contributed by atoms with E-state index in [9.17, 15) is 4.57 Å². The molecule has 0 aliphatic carbocycles. The fourth-order valence-electron chi connectivity index (χ4n) is 2.83. The lowest BCUT2D eigenvalue weighted by Gasteiger charge is -2.26. The Morgan fingerprint density at radius 3 is 2.20 bits per heavy atom. The molecule has 0 aromatic carbocycles. The molecule has 0 aromatic rings. The molecular weight excluding hydrogens is 287 g/mol. The Kier molecular flexibility index (Phi) is 9.79. The van der Waals surface area contributed by atoms with Crippen LogP contribution in [-0.4, -0.2) is 9.64 Å². The van der Waals surface area contributed by atoms with Gasteiger partial charge in [-0.2, -0.15) is 0 Å². The molecule has 0 rings (SSSR count). The third-order valence-electron chi connectivity index (χ3n) is 3.94. The maximum Gasteiger partial charge on any atom is 0.244 e. The molecular formula is C16H35O2PS. The van der Waals surface area contributed by atoms with Crippen LogP contribution in [0.3, 0.4) is 0 Å². The van der Waals surface area contributed by atoms with Crippen LogP contribution in [0.5, 0.6) is 0 Å². The van der Waals surface area contributed by atoms with Gasteiger partial charge in [0.25, 0.3) is 0 Å². The van der Waals surface area contributed by atoms with Crippen molar-refractivity contribution in [2.75, 3.05) is 0 Å². The second-order valence-electron chi connectivity index (χ2n) is 7.64. The molecule has 0 fully saturated rings. The molecule has 0 aliphatic rings. The summed E-state index contributed by atoms with van der Waals surface area (Å²) in [7, 11) is -2.41. The predicted octanol–water partition coefficient (Wildman–Crippen LogP) is 6.29. The molecule has 2 nitrogen and oxygen atoms in total. The van der Waals surface area contributed by atoms with Crippen LogP contribution in [-0.2, 0) is 4.57 Å². The van der Waals surface area contributed by atoms with E-state index in [0.29, 0.717) is 5.41 Å². The van der Waals surface area contributed by atoms with Crippen molar-refractivity contribution in [2.45, 2.75) is 91.2 Å². The van der Waals surface area contributed by atoms with Crippen LogP contribution >= 0.6 is 18.6 Å². The third kappa shape index (κ3) is 11.2. The minimum atomic E-state index is -2.41. The Labute approximate surface area is 131 Å². The van der Waals surface area contributed by atoms with Gasteiger partial charge in [-0.25, -0.2) is 0 Å². The molecule has 1 N–H and O–H groups in total. The maximum absolute atomic E-state index is 11.0.